The van der Waals surface area contributed by atoms with E-state index in [-0.39, 0.29) is 53.7 Å². The normalized spacial score (nSPS) is 20.0. The summed E-state index contributed by atoms with van der Waals surface area (Å²) >= 11 is 6.02. The Morgan fingerprint density at radius 2 is 1.69 bits per heavy atom. The van der Waals surface area contributed by atoms with Gasteiger partial charge in [0.1, 0.15) is 0 Å². The molecule has 2 aliphatic heterocycles. The Morgan fingerprint density at radius 3 is 2.31 bits per heavy atom. The topological polar surface area (TPSA) is 122 Å². The molecule has 2 aromatic rings. The predicted molar refractivity (Wildman–Crippen MR) is 139 cm³/mol. The third-order valence-corrected chi connectivity index (χ3v) is 6.94. The van der Waals surface area contributed by atoms with Crippen molar-refractivity contribution < 1.29 is 46.7 Å². The number of cyclic esters (lactones) is 1. The Bertz CT molecular complexity index is 1530. The number of anilines is 1. The minimum atomic E-state index is -5.05. The zero-order valence-electron chi connectivity index (χ0n) is 21.6. The van der Waals surface area contributed by atoms with E-state index in [1.165, 1.54) is 36.4 Å². The van der Waals surface area contributed by atoms with Gasteiger partial charge in [-0.1, -0.05) is 17.5 Å². The van der Waals surface area contributed by atoms with Crippen molar-refractivity contribution in [2.75, 3.05) is 18.0 Å². The second kappa shape index (κ2) is 11.0. The van der Waals surface area contributed by atoms with Crippen LogP contribution in [0.2, 0.25) is 5.02 Å². The number of benzene rings is 2. The van der Waals surface area contributed by atoms with Gasteiger partial charge in [-0.2, -0.15) is 13.2 Å². The maximum Gasteiger partial charge on any atom is 0.445 e. The fourth-order valence-corrected chi connectivity index (χ4v) is 4.49. The van der Waals surface area contributed by atoms with Crippen LogP contribution >= 0.6 is 11.6 Å². The van der Waals surface area contributed by atoms with E-state index in [0.717, 1.165) is 11.0 Å². The average molecular weight is 604 g/mol. The zero-order valence-corrected chi connectivity index (χ0v) is 22.4. The van der Waals surface area contributed by atoms with Crippen molar-refractivity contribution in [3.05, 3.63) is 64.2 Å². The van der Waals surface area contributed by atoms with Crippen molar-refractivity contribution in [2.24, 2.45) is 5.92 Å². The average Bonchev–Trinajstić information content (AvgIpc) is 3.73. The lowest BCUT2D eigenvalue weighted by atomic mass is 9.89. The first-order valence-corrected chi connectivity index (χ1v) is 13.1. The molecule has 1 atom stereocenters. The van der Waals surface area contributed by atoms with Crippen molar-refractivity contribution in [3.8, 4) is 11.8 Å². The molecule has 42 heavy (non-hydrogen) atoms. The SMILES string of the molecule is O=C(NCCN1C(=O)OC(C#CC2CC2)(C(F)(F)F)c2cc(Cl)ccc21)c1ccc(C(=O)ON2C(=O)CCC2=O)cc1. The number of hydrogen-bond donors (Lipinski definition) is 1. The van der Waals surface area contributed by atoms with Crippen molar-refractivity contribution in [1.82, 2.24) is 10.4 Å². The Hall–Kier alpha value is -4.57. The van der Waals surface area contributed by atoms with Gasteiger partial charge in [-0.05, 0) is 61.2 Å². The lowest BCUT2D eigenvalue weighted by molar-refractivity contribution is -0.240. The van der Waals surface area contributed by atoms with Crippen LogP contribution in [0.5, 0.6) is 0 Å². The summed E-state index contributed by atoms with van der Waals surface area (Å²) in [4.78, 5) is 66.8. The molecule has 0 bridgehead atoms. The molecule has 218 valence electrons. The number of imide groups is 1. The number of amides is 4. The number of hydroxylamine groups is 2. The van der Waals surface area contributed by atoms with Crippen LogP contribution < -0.4 is 10.2 Å². The van der Waals surface area contributed by atoms with E-state index in [2.05, 4.69) is 17.2 Å². The second-order valence-electron chi connectivity index (χ2n) is 9.70. The number of hydrogen-bond acceptors (Lipinski definition) is 7. The van der Waals surface area contributed by atoms with E-state index in [1.54, 1.807) is 0 Å². The van der Waals surface area contributed by atoms with Gasteiger partial charge >= 0.3 is 18.2 Å². The van der Waals surface area contributed by atoms with Crippen LogP contribution in [0.25, 0.3) is 0 Å². The third kappa shape index (κ3) is 5.62. The number of alkyl halides is 3. The van der Waals surface area contributed by atoms with Crippen LogP contribution in [0.1, 0.15) is 52.0 Å². The molecule has 5 rings (SSSR count). The third-order valence-electron chi connectivity index (χ3n) is 6.70. The van der Waals surface area contributed by atoms with E-state index in [0.29, 0.717) is 17.9 Å². The number of nitrogens with one attached hydrogen (secondary N) is 1. The van der Waals surface area contributed by atoms with E-state index in [4.69, 9.17) is 21.2 Å². The van der Waals surface area contributed by atoms with Gasteiger partial charge in [0, 0.05) is 48.0 Å². The Morgan fingerprint density at radius 1 is 1.05 bits per heavy atom. The van der Waals surface area contributed by atoms with Crippen LogP contribution in [0.15, 0.2) is 42.5 Å². The predicted octanol–water partition coefficient (Wildman–Crippen LogP) is 4.12. The number of rotatable bonds is 6. The number of carbonyl (C=O) groups is 5. The molecule has 1 unspecified atom stereocenters. The van der Waals surface area contributed by atoms with E-state index in [9.17, 15) is 37.1 Å². The standard InChI is InChI=1S/C28H21ClF3N3O7/c29-19-7-8-21-20(15-19)27(28(30,31)32,12-11-16-1-2-16)41-26(40)34(21)14-13-33-24(38)17-3-5-18(6-4-17)25(39)42-35-22(36)9-10-23(35)37/h3-8,15-16H,1-2,9-10,13-14H2,(H,33,38). The minimum absolute atomic E-state index is 0.00671. The first kappa shape index (κ1) is 28.9. The minimum Gasteiger partial charge on any atom is -0.415 e. The molecular weight excluding hydrogens is 583 g/mol. The van der Waals surface area contributed by atoms with Gasteiger partial charge in [0.2, 0.25) is 0 Å². The molecule has 14 heteroatoms. The highest BCUT2D eigenvalue weighted by molar-refractivity contribution is 6.30. The summed E-state index contributed by atoms with van der Waals surface area (Å²) in [6.07, 6.45) is -5.14. The van der Waals surface area contributed by atoms with Crippen molar-refractivity contribution in [1.29, 1.82) is 0 Å². The number of halogens is 4. The van der Waals surface area contributed by atoms with Gasteiger partial charge in [0.05, 0.1) is 11.3 Å². The van der Waals surface area contributed by atoms with Gasteiger partial charge in [-0.3, -0.25) is 19.3 Å². The molecule has 0 radical (unpaired) electrons. The number of fused-ring (bicyclic) bond motifs is 1. The first-order chi connectivity index (χ1) is 19.9. The fraction of sp³-hybridized carbons (Fsp3) is 0.321. The Kier molecular flexibility index (Phi) is 7.59. The van der Waals surface area contributed by atoms with Gasteiger partial charge in [0.15, 0.2) is 0 Å². The Balaban J connectivity index is 1.26. The molecule has 1 saturated heterocycles. The van der Waals surface area contributed by atoms with E-state index < -0.39 is 47.1 Å². The largest absolute Gasteiger partial charge is 0.445 e. The summed E-state index contributed by atoms with van der Waals surface area (Å²) in [5, 5.41) is 2.94. The van der Waals surface area contributed by atoms with Crippen LogP contribution in [-0.2, 0) is 24.8 Å². The molecule has 0 aromatic heterocycles. The highest BCUT2D eigenvalue weighted by Gasteiger charge is 2.63. The van der Waals surface area contributed by atoms with Crippen LogP contribution in [0.3, 0.4) is 0 Å². The number of ether oxygens (including phenoxy) is 1. The molecule has 2 fully saturated rings. The van der Waals surface area contributed by atoms with Crippen molar-refractivity contribution in [2.45, 2.75) is 37.5 Å². The molecule has 4 amide bonds. The van der Waals surface area contributed by atoms with Gasteiger partial charge in [-0.25, -0.2) is 9.59 Å². The summed E-state index contributed by atoms with van der Waals surface area (Å²) in [7, 11) is 0. The quantitative estimate of drug-likeness (QED) is 0.389. The molecule has 2 aromatic carbocycles. The van der Waals surface area contributed by atoms with Crippen LogP contribution in [0, 0.1) is 17.8 Å². The van der Waals surface area contributed by atoms with Crippen LogP contribution in [0.4, 0.5) is 23.7 Å². The van der Waals surface area contributed by atoms with E-state index >= 15 is 0 Å². The van der Waals surface area contributed by atoms with Crippen molar-refractivity contribution in [3.63, 3.8) is 0 Å². The Labute approximate surface area is 241 Å². The second-order valence-corrected chi connectivity index (χ2v) is 10.1. The molecule has 0 spiro atoms. The summed E-state index contributed by atoms with van der Waals surface area (Å²) in [5.74, 6) is 1.67. The molecule has 3 aliphatic rings. The molecule has 1 aliphatic carbocycles. The summed E-state index contributed by atoms with van der Waals surface area (Å²) in [6.45, 7) is -0.419. The maximum atomic E-state index is 14.4. The maximum absolute atomic E-state index is 14.4. The first-order valence-electron chi connectivity index (χ1n) is 12.8. The lowest BCUT2D eigenvalue weighted by Gasteiger charge is -2.40. The summed E-state index contributed by atoms with van der Waals surface area (Å²) in [6, 6.07) is 8.76. The molecule has 10 nitrogen and oxygen atoms in total. The fourth-order valence-electron chi connectivity index (χ4n) is 4.32. The molecular formula is C28H21ClF3N3O7. The monoisotopic (exact) mass is 603 g/mol. The highest BCUT2D eigenvalue weighted by atomic mass is 35.5. The van der Waals surface area contributed by atoms with Gasteiger partial charge in [-0.15, -0.1) is 5.06 Å². The molecule has 2 heterocycles. The number of carbonyl (C=O) groups excluding carboxylic acids is 5. The van der Waals surface area contributed by atoms with Crippen LogP contribution in [-0.4, -0.2) is 54.1 Å². The smallest absolute Gasteiger partial charge is 0.415 e. The summed E-state index contributed by atoms with van der Waals surface area (Å²) in [5.41, 5.74) is -3.64. The molecule has 1 saturated carbocycles. The van der Waals surface area contributed by atoms with Gasteiger partial charge in [0.25, 0.3) is 23.3 Å². The van der Waals surface area contributed by atoms with E-state index in [1.807, 2.05) is 0 Å². The zero-order chi connectivity index (χ0) is 30.2. The van der Waals surface area contributed by atoms with Gasteiger partial charge < -0.3 is 14.9 Å². The molecule has 1 N–H and O–H groups in total. The van der Waals surface area contributed by atoms with Crippen molar-refractivity contribution >= 4 is 47.1 Å². The lowest BCUT2D eigenvalue weighted by Crippen LogP contribution is -2.54. The number of nitrogens with zero attached hydrogens (tertiary/aromatic N) is 2. The summed E-state index contributed by atoms with van der Waals surface area (Å²) < 4.78 is 48.1. The highest BCUT2D eigenvalue weighted by Crippen LogP contribution is 2.49.